The van der Waals surface area contributed by atoms with Gasteiger partial charge in [-0.25, -0.2) is 0 Å². The smallest absolute Gasteiger partial charge is 0.243 e. The number of hydrogen-bond donors (Lipinski definition) is 2. The third kappa shape index (κ3) is 5.33. The van der Waals surface area contributed by atoms with Crippen molar-refractivity contribution in [1.82, 2.24) is 0 Å². The van der Waals surface area contributed by atoms with E-state index in [4.69, 9.17) is 25.8 Å². The van der Waals surface area contributed by atoms with Crippen LogP contribution in [0.2, 0.25) is 5.02 Å². The van der Waals surface area contributed by atoms with E-state index >= 15 is 0 Å². The summed E-state index contributed by atoms with van der Waals surface area (Å²) in [6.07, 6.45) is 0. The summed E-state index contributed by atoms with van der Waals surface area (Å²) in [6.45, 7) is 0.0126. The predicted octanol–water partition coefficient (Wildman–Crippen LogP) is 5.20. The van der Waals surface area contributed by atoms with Gasteiger partial charge in [0.05, 0.1) is 37.2 Å². The number of halogens is 1. The van der Waals surface area contributed by atoms with Crippen LogP contribution in [0.3, 0.4) is 0 Å². The molecule has 0 fully saturated rings. The molecule has 7 heteroatoms. The van der Waals surface area contributed by atoms with Crippen LogP contribution in [0.5, 0.6) is 23.0 Å². The highest BCUT2D eigenvalue weighted by atomic mass is 35.5. The van der Waals surface area contributed by atoms with Gasteiger partial charge in [0.25, 0.3) is 0 Å². The first-order valence-electron chi connectivity index (χ1n) is 8.88. The summed E-state index contributed by atoms with van der Waals surface area (Å²) < 4.78 is 16.4. The number of benzene rings is 3. The van der Waals surface area contributed by atoms with Crippen LogP contribution in [-0.2, 0) is 4.79 Å². The lowest BCUT2D eigenvalue weighted by molar-refractivity contribution is -0.114. The average Bonchev–Trinajstić information content (AvgIpc) is 2.74. The maximum absolute atomic E-state index is 12.5. The molecular formula is C22H21ClN2O4. The number of para-hydroxylation sites is 3. The first-order chi connectivity index (χ1) is 14.1. The quantitative estimate of drug-likeness (QED) is 0.532. The Bertz CT molecular complexity index is 980. The first-order valence-corrected chi connectivity index (χ1v) is 9.25. The average molecular weight is 413 g/mol. The van der Waals surface area contributed by atoms with Crippen molar-refractivity contribution in [2.75, 3.05) is 31.4 Å². The molecule has 0 unspecified atom stereocenters. The van der Waals surface area contributed by atoms with Crippen LogP contribution in [0, 0.1) is 0 Å². The zero-order chi connectivity index (χ0) is 20.6. The topological polar surface area (TPSA) is 68.8 Å². The van der Waals surface area contributed by atoms with Crippen LogP contribution in [0.4, 0.5) is 11.4 Å². The summed E-state index contributed by atoms with van der Waals surface area (Å²) in [7, 11) is 3.06. The number of nitrogens with one attached hydrogen (secondary N) is 2. The molecule has 0 aliphatic heterocycles. The molecule has 3 aromatic carbocycles. The fraction of sp³-hybridized carbons (Fsp3) is 0.136. The summed E-state index contributed by atoms with van der Waals surface area (Å²) in [6, 6.07) is 19.9. The van der Waals surface area contributed by atoms with Gasteiger partial charge in [0.15, 0.2) is 5.75 Å². The van der Waals surface area contributed by atoms with Crippen molar-refractivity contribution in [1.29, 1.82) is 0 Å². The number of carbonyl (C=O) groups excluding carboxylic acids is 1. The molecule has 150 valence electrons. The van der Waals surface area contributed by atoms with Crippen molar-refractivity contribution >= 4 is 28.9 Å². The third-order valence-corrected chi connectivity index (χ3v) is 4.34. The van der Waals surface area contributed by atoms with Crippen LogP contribution >= 0.6 is 11.6 Å². The van der Waals surface area contributed by atoms with Crippen LogP contribution in [-0.4, -0.2) is 26.7 Å². The molecule has 0 heterocycles. The number of anilines is 2. The van der Waals surface area contributed by atoms with Gasteiger partial charge in [-0.1, -0.05) is 41.9 Å². The van der Waals surface area contributed by atoms with Crippen LogP contribution in [0.15, 0.2) is 66.7 Å². The van der Waals surface area contributed by atoms with Gasteiger partial charge < -0.3 is 24.8 Å². The summed E-state index contributed by atoms with van der Waals surface area (Å²) in [5.74, 6) is 2.00. The predicted molar refractivity (Wildman–Crippen MR) is 115 cm³/mol. The van der Waals surface area contributed by atoms with E-state index in [1.54, 1.807) is 24.3 Å². The van der Waals surface area contributed by atoms with Gasteiger partial charge in [0, 0.05) is 6.07 Å². The summed E-state index contributed by atoms with van der Waals surface area (Å²) in [5, 5.41) is 6.29. The van der Waals surface area contributed by atoms with Gasteiger partial charge in [-0.3, -0.25) is 4.79 Å². The largest absolute Gasteiger partial charge is 0.495 e. The van der Waals surface area contributed by atoms with Crippen LogP contribution < -0.4 is 24.8 Å². The highest BCUT2D eigenvalue weighted by molar-refractivity contribution is 6.32. The number of rotatable bonds is 8. The standard InChI is InChI=1S/C22H21ClN2O4/c1-27-20-13-21(28-2)18(12-16(20)23)24-14-22(26)25-17-10-6-7-11-19(17)29-15-8-4-3-5-9-15/h3-13,24H,14H2,1-2H3,(H,25,26). The second kappa shape index (κ2) is 9.71. The molecule has 0 aliphatic rings. The van der Waals surface area contributed by atoms with Crippen molar-refractivity contribution in [2.24, 2.45) is 0 Å². The van der Waals surface area contributed by atoms with E-state index in [1.165, 1.54) is 14.2 Å². The SMILES string of the molecule is COc1cc(OC)c(NCC(=O)Nc2ccccc2Oc2ccccc2)cc1Cl. The minimum Gasteiger partial charge on any atom is -0.495 e. The molecular weight excluding hydrogens is 392 g/mol. The first kappa shape index (κ1) is 20.4. The Balaban J connectivity index is 1.67. The fourth-order valence-corrected chi connectivity index (χ4v) is 2.88. The van der Waals surface area contributed by atoms with Gasteiger partial charge in [-0.2, -0.15) is 0 Å². The Hall–Kier alpha value is -3.38. The van der Waals surface area contributed by atoms with E-state index < -0.39 is 0 Å². The lowest BCUT2D eigenvalue weighted by Crippen LogP contribution is -2.22. The molecule has 1 amide bonds. The van der Waals surface area contributed by atoms with Crippen molar-refractivity contribution < 1.29 is 19.0 Å². The molecule has 0 aromatic heterocycles. The maximum Gasteiger partial charge on any atom is 0.243 e. The van der Waals surface area contributed by atoms with E-state index in [0.29, 0.717) is 39.4 Å². The number of carbonyl (C=O) groups is 1. The Morgan fingerprint density at radius 1 is 0.862 bits per heavy atom. The number of amides is 1. The van der Waals surface area contributed by atoms with E-state index in [9.17, 15) is 4.79 Å². The molecule has 0 spiro atoms. The van der Waals surface area contributed by atoms with Crippen LogP contribution in [0.1, 0.15) is 0 Å². The molecule has 0 atom stereocenters. The summed E-state index contributed by atoms with van der Waals surface area (Å²) in [4.78, 5) is 12.5. The normalized spacial score (nSPS) is 10.2. The number of methoxy groups -OCH3 is 2. The molecule has 0 bridgehead atoms. The molecule has 0 saturated carbocycles. The Morgan fingerprint density at radius 2 is 1.55 bits per heavy atom. The number of hydrogen-bond acceptors (Lipinski definition) is 5. The van der Waals surface area contributed by atoms with Gasteiger partial charge >= 0.3 is 0 Å². The molecule has 29 heavy (non-hydrogen) atoms. The molecule has 2 N–H and O–H groups in total. The van der Waals surface area contributed by atoms with Crippen molar-refractivity contribution in [2.45, 2.75) is 0 Å². The lowest BCUT2D eigenvalue weighted by atomic mass is 10.2. The molecule has 0 radical (unpaired) electrons. The second-order valence-electron chi connectivity index (χ2n) is 6.00. The zero-order valence-electron chi connectivity index (χ0n) is 16.1. The minimum atomic E-state index is -0.247. The highest BCUT2D eigenvalue weighted by Crippen LogP contribution is 2.36. The van der Waals surface area contributed by atoms with Crippen molar-refractivity contribution in [3.05, 3.63) is 71.8 Å². The highest BCUT2D eigenvalue weighted by Gasteiger charge is 2.12. The molecule has 3 aromatic rings. The molecule has 0 saturated heterocycles. The molecule has 6 nitrogen and oxygen atoms in total. The summed E-state index contributed by atoms with van der Waals surface area (Å²) in [5.41, 5.74) is 1.16. The molecule has 3 rings (SSSR count). The zero-order valence-corrected chi connectivity index (χ0v) is 16.8. The van der Waals surface area contributed by atoms with Crippen molar-refractivity contribution in [3.8, 4) is 23.0 Å². The van der Waals surface area contributed by atoms with Gasteiger partial charge in [0.1, 0.15) is 17.2 Å². The van der Waals surface area contributed by atoms with Gasteiger partial charge in [-0.15, -0.1) is 0 Å². The minimum absolute atomic E-state index is 0.0126. The van der Waals surface area contributed by atoms with Crippen molar-refractivity contribution in [3.63, 3.8) is 0 Å². The van der Waals surface area contributed by atoms with Gasteiger partial charge in [-0.05, 0) is 30.3 Å². The second-order valence-corrected chi connectivity index (χ2v) is 6.41. The van der Waals surface area contributed by atoms with Crippen LogP contribution in [0.25, 0.3) is 0 Å². The summed E-state index contributed by atoms with van der Waals surface area (Å²) >= 11 is 6.16. The Kier molecular flexibility index (Phi) is 6.81. The number of ether oxygens (including phenoxy) is 3. The fourth-order valence-electron chi connectivity index (χ4n) is 2.64. The van der Waals surface area contributed by atoms with Gasteiger partial charge in [0.2, 0.25) is 5.91 Å². The van der Waals surface area contributed by atoms with E-state index in [1.807, 2.05) is 42.5 Å². The van der Waals surface area contributed by atoms with E-state index in [0.717, 1.165) is 0 Å². The maximum atomic E-state index is 12.5. The van der Waals surface area contributed by atoms with E-state index in [2.05, 4.69) is 10.6 Å². The molecule has 0 aliphatic carbocycles. The van der Waals surface area contributed by atoms with E-state index in [-0.39, 0.29) is 12.5 Å². The lowest BCUT2D eigenvalue weighted by Gasteiger charge is -2.15. The Labute approximate surface area is 174 Å². The third-order valence-electron chi connectivity index (χ3n) is 4.05. The Morgan fingerprint density at radius 3 is 2.28 bits per heavy atom. The monoisotopic (exact) mass is 412 g/mol.